The van der Waals surface area contributed by atoms with Crippen LogP contribution in [0.5, 0.6) is 0 Å². The number of halogens is 1. The van der Waals surface area contributed by atoms with E-state index in [1.165, 1.54) is 25.5 Å². The van der Waals surface area contributed by atoms with E-state index in [1.807, 2.05) is 12.1 Å². The van der Waals surface area contributed by atoms with E-state index in [-0.39, 0.29) is 5.15 Å². The zero-order valence-corrected chi connectivity index (χ0v) is 14.4. The van der Waals surface area contributed by atoms with E-state index in [2.05, 4.69) is 20.5 Å². The standard InChI is InChI=1S/C18H19ClN4O2/c19-16-15(5-4-10-20-16)22-18(25)17(24)21-13-6-8-14(9-7-13)23-11-2-1-3-12-23/h4-10H,1-3,11-12H2,(H,21,24)(H,22,25). The van der Waals surface area contributed by atoms with Crippen molar-refractivity contribution in [1.82, 2.24) is 4.98 Å². The van der Waals surface area contributed by atoms with Crippen LogP contribution in [-0.4, -0.2) is 29.9 Å². The van der Waals surface area contributed by atoms with E-state index >= 15 is 0 Å². The first-order valence-electron chi connectivity index (χ1n) is 8.21. The first-order valence-corrected chi connectivity index (χ1v) is 8.59. The van der Waals surface area contributed by atoms with Crippen molar-refractivity contribution in [2.24, 2.45) is 0 Å². The molecule has 2 heterocycles. The number of anilines is 3. The number of piperidine rings is 1. The third kappa shape index (κ3) is 4.48. The molecule has 2 amide bonds. The highest BCUT2D eigenvalue weighted by atomic mass is 35.5. The number of hydrogen-bond acceptors (Lipinski definition) is 4. The molecule has 1 saturated heterocycles. The Bertz CT molecular complexity index is 758. The lowest BCUT2D eigenvalue weighted by atomic mass is 10.1. The molecule has 7 heteroatoms. The first-order chi connectivity index (χ1) is 12.1. The minimum absolute atomic E-state index is 0.134. The maximum absolute atomic E-state index is 12.0. The van der Waals surface area contributed by atoms with Crippen molar-refractivity contribution in [3.05, 3.63) is 47.7 Å². The fourth-order valence-electron chi connectivity index (χ4n) is 2.75. The van der Waals surface area contributed by atoms with Gasteiger partial charge in [0.15, 0.2) is 5.15 Å². The van der Waals surface area contributed by atoms with Gasteiger partial charge in [-0.15, -0.1) is 0 Å². The van der Waals surface area contributed by atoms with Crippen LogP contribution in [0.4, 0.5) is 17.1 Å². The van der Waals surface area contributed by atoms with Crippen LogP contribution < -0.4 is 15.5 Å². The number of rotatable bonds is 3. The Morgan fingerprint density at radius 1 is 0.960 bits per heavy atom. The van der Waals surface area contributed by atoms with Gasteiger partial charge in [-0.2, -0.15) is 0 Å². The lowest BCUT2D eigenvalue weighted by Crippen LogP contribution is -2.30. The first kappa shape index (κ1) is 17.2. The van der Waals surface area contributed by atoms with E-state index in [0.29, 0.717) is 11.4 Å². The van der Waals surface area contributed by atoms with Crippen LogP contribution in [-0.2, 0) is 9.59 Å². The van der Waals surface area contributed by atoms with Crippen LogP contribution in [0.25, 0.3) is 0 Å². The molecule has 3 rings (SSSR count). The van der Waals surface area contributed by atoms with Crippen LogP contribution in [0.3, 0.4) is 0 Å². The maximum atomic E-state index is 12.0. The molecule has 0 radical (unpaired) electrons. The highest BCUT2D eigenvalue weighted by molar-refractivity contribution is 6.44. The summed E-state index contributed by atoms with van der Waals surface area (Å²) in [4.78, 5) is 30.2. The summed E-state index contributed by atoms with van der Waals surface area (Å²) in [5, 5.41) is 5.15. The van der Waals surface area contributed by atoms with Crippen molar-refractivity contribution in [2.75, 3.05) is 28.6 Å². The molecule has 0 bridgehead atoms. The number of amides is 2. The number of pyridine rings is 1. The van der Waals surface area contributed by atoms with Gasteiger partial charge in [0.05, 0.1) is 5.69 Å². The van der Waals surface area contributed by atoms with Crippen molar-refractivity contribution in [3.8, 4) is 0 Å². The predicted molar refractivity (Wildman–Crippen MR) is 99.0 cm³/mol. The Morgan fingerprint density at radius 3 is 2.32 bits per heavy atom. The fourth-order valence-corrected chi connectivity index (χ4v) is 2.92. The van der Waals surface area contributed by atoms with Gasteiger partial charge >= 0.3 is 11.8 Å². The Morgan fingerprint density at radius 2 is 1.64 bits per heavy atom. The molecular formula is C18H19ClN4O2. The number of nitrogens with zero attached hydrogens (tertiary/aromatic N) is 2. The molecule has 25 heavy (non-hydrogen) atoms. The molecule has 2 aromatic rings. The summed E-state index contributed by atoms with van der Waals surface area (Å²) in [5.74, 6) is -1.55. The molecule has 0 unspecified atom stereocenters. The lowest BCUT2D eigenvalue weighted by molar-refractivity contribution is -0.132. The molecule has 0 aliphatic carbocycles. The number of carbonyl (C=O) groups excluding carboxylic acids is 2. The minimum atomic E-state index is -0.796. The van der Waals surface area contributed by atoms with Gasteiger partial charge in [-0.1, -0.05) is 11.6 Å². The van der Waals surface area contributed by atoms with Crippen molar-refractivity contribution < 1.29 is 9.59 Å². The Hall–Kier alpha value is -2.60. The fraction of sp³-hybridized carbons (Fsp3) is 0.278. The number of carbonyl (C=O) groups is 2. The molecule has 2 N–H and O–H groups in total. The molecular weight excluding hydrogens is 340 g/mol. The Balaban J connectivity index is 1.58. The van der Waals surface area contributed by atoms with Crippen LogP contribution in [0.1, 0.15) is 19.3 Å². The number of benzene rings is 1. The van der Waals surface area contributed by atoms with Crippen molar-refractivity contribution in [3.63, 3.8) is 0 Å². The van der Waals surface area contributed by atoms with Gasteiger partial charge in [-0.3, -0.25) is 9.59 Å². The quantitative estimate of drug-likeness (QED) is 0.652. The Labute approximate surface area is 151 Å². The second-order valence-corrected chi connectivity index (χ2v) is 6.20. The van der Waals surface area contributed by atoms with Crippen LogP contribution in [0, 0.1) is 0 Å². The molecule has 1 aliphatic rings. The second-order valence-electron chi connectivity index (χ2n) is 5.84. The SMILES string of the molecule is O=C(Nc1ccc(N2CCCCC2)cc1)C(=O)Nc1cccnc1Cl. The van der Waals surface area contributed by atoms with Crippen LogP contribution in [0.2, 0.25) is 5.15 Å². The van der Waals surface area contributed by atoms with Gasteiger partial charge in [0.25, 0.3) is 0 Å². The van der Waals surface area contributed by atoms with Crippen molar-refractivity contribution >= 4 is 40.5 Å². The molecule has 1 aromatic heterocycles. The topological polar surface area (TPSA) is 74.3 Å². The monoisotopic (exact) mass is 358 g/mol. The van der Waals surface area contributed by atoms with E-state index in [0.717, 1.165) is 18.8 Å². The lowest BCUT2D eigenvalue weighted by Gasteiger charge is -2.28. The molecule has 0 atom stereocenters. The van der Waals surface area contributed by atoms with E-state index in [1.54, 1.807) is 24.3 Å². The third-order valence-electron chi connectivity index (χ3n) is 4.06. The summed E-state index contributed by atoms with van der Waals surface area (Å²) in [6, 6.07) is 10.7. The van der Waals surface area contributed by atoms with Crippen molar-refractivity contribution in [2.45, 2.75) is 19.3 Å². The van der Waals surface area contributed by atoms with Gasteiger partial charge in [0, 0.05) is 30.7 Å². The average Bonchev–Trinajstić information content (AvgIpc) is 2.65. The smallest absolute Gasteiger partial charge is 0.314 e. The molecule has 1 aromatic carbocycles. The summed E-state index contributed by atoms with van der Waals surface area (Å²) in [6.45, 7) is 2.11. The summed E-state index contributed by atoms with van der Waals surface area (Å²) in [6.07, 6.45) is 5.19. The molecule has 0 spiro atoms. The van der Waals surface area contributed by atoms with Crippen molar-refractivity contribution in [1.29, 1.82) is 0 Å². The Kier molecular flexibility index (Phi) is 5.50. The molecule has 1 aliphatic heterocycles. The van der Waals surface area contributed by atoms with Gasteiger partial charge in [0.2, 0.25) is 0 Å². The van der Waals surface area contributed by atoms with Gasteiger partial charge in [-0.25, -0.2) is 4.98 Å². The van der Waals surface area contributed by atoms with Crippen LogP contribution in [0.15, 0.2) is 42.6 Å². The summed E-state index contributed by atoms with van der Waals surface area (Å²) in [7, 11) is 0. The number of nitrogens with one attached hydrogen (secondary N) is 2. The number of aromatic nitrogens is 1. The zero-order valence-electron chi connectivity index (χ0n) is 13.7. The summed E-state index contributed by atoms with van der Waals surface area (Å²) >= 11 is 5.86. The van der Waals surface area contributed by atoms with E-state index in [4.69, 9.17) is 11.6 Å². The molecule has 1 fully saturated rings. The highest BCUT2D eigenvalue weighted by Crippen LogP contribution is 2.22. The van der Waals surface area contributed by atoms with Gasteiger partial charge in [-0.05, 0) is 55.7 Å². The summed E-state index contributed by atoms with van der Waals surface area (Å²) < 4.78 is 0. The predicted octanol–water partition coefficient (Wildman–Crippen LogP) is 3.30. The van der Waals surface area contributed by atoms with Gasteiger partial charge in [0.1, 0.15) is 0 Å². The third-order valence-corrected chi connectivity index (χ3v) is 4.36. The van der Waals surface area contributed by atoms with E-state index < -0.39 is 11.8 Å². The highest BCUT2D eigenvalue weighted by Gasteiger charge is 2.16. The molecule has 0 saturated carbocycles. The van der Waals surface area contributed by atoms with E-state index in [9.17, 15) is 9.59 Å². The zero-order chi connectivity index (χ0) is 17.6. The van der Waals surface area contributed by atoms with Gasteiger partial charge < -0.3 is 15.5 Å². The average molecular weight is 359 g/mol. The molecule has 130 valence electrons. The maximum Gasteiger partial charge on any atom is 0.314 e. The number of hydrogen-bond donors (Lipinski definition) is 2. The second kappa shape index (κ2) is 7.98. The summed E-state index contributed by atoms with van der Waals surface area (Å²) in [5.41, 5.74) is 1.99. The largest absolute Gasteiger partial charge is 0.372 e. The van der Waals surface area contributed by atoms with Crippen LogP contribution >= 0.6 is 11.6 Å². The normalized spacial score (nSPS) is 14.0. The molecule has 6 nitrogen and oxygen atoms in total. The minimum Gasteiger partial charge on any atom is -0.372 e.